The summed E-state index contributed by atoms with van der Waals surface area (Å²) in [6.07, 6.45) is 0.892. The lowest BCUT2D eigenvalue weighted by molar-refractivity contribution is -0.144. The quantitative estimate of drug-likeness (QED) is 0.687. The van der Waals surface area contributed by atoms with Crippen LogP contribution in [0.15, 0.2) is 0 Å². The molecule has 2 aliphatic heterocycles. The van der Waals surface area contributed by atoms with E-state index >= 15 is 0 Å². The van der Waals surface area contributed by atoms with Gasteiger partial charge in [-0.1, -0.05) is 0 Å². The number of hydrogen-bond donors (Lipinski definition) is 2. The van der Waals surface area contributed by atoms with Crippen LogP contribution in [0.2, 0.25) is 0 Å². The van der Waals surface area contributed by atoms with Crippen LogP contribution in [-0.4, -0.2) is 61.9 Å². The van der Waals surface area contributed by atoms with E-state index in [1.807, 2.05) is 0 Å². The molecule has 0 bridgehead atoms. The van der Waals surface area contributed by atoms with Crippen LogP contribution in [0.4, 0.5) is 0 Å². The number of nitrogens with zero attached hydrogens (tertiary/aromatic N) is 1. The van der Waals surface area contributed by atoms with Crippen LogP contribution in [0.1, 0.15) is 6.42 Å². The predicted octanol–water partition coefficient (Wildman–Crippen LogP) is -0.371. The minimum atomic E-state index is -0.672. The third kappa shape index (κ3) is 2.93. The number of aliphatic carboxylic acids is 1. The van der Waals surface area contributed by atoms with Gasteiger partial charge in [0.05, 0.1) is 12.5 Å². The maximum atomic E-state index is 11.3. The predicted molar refractivity (Wildman–Crippen MR) is 59.4 cm³/mol. The van der Waals surface area contributed by atoms with Crippen LogP contribution in [0.5, 0.6) is 0 Å². The number of rotatable bonds is 4. The molecule has 0 radical (unpaired) electrons. The van der Waals surface area contributed by atoms with Gasteiger partial charge in [-0.3, -0.25) is 9.69 Å². The topological polar surface area (TPSA) is 61.8 Å². The molecule has 0 spiro atoms. The summed E-state index contributed by atoms with van der Waals surface area (Å²) in [7, 11) is 0. The highest BCUT2D eigenvalue weighted by Gasteiger charge is 2.32. The third-order valence-electron chi connectivity index (χ3n) is 3.52. The van der Waals surface area contributed by atoms with Crippen molar-refractivity contribution in [1.82, 2.24) is 10.2 Å². The highest BCUT2D eigenvalue weighted by atomic mass is 16.5. The van der Waals surface area contributed by atoms with Gasteiger partial charge >= 0.3 is 5.97 Å². The molecule has 2 unspecified atom stereocenters. The van der Waals surface area contributed by atoms with Gasteiger partial charge in [0.15, 0.2) is 0 Å². The first kappa shape index (κ1) is 11.8. The number of ether oxygens (including phenoxy) is 1. The van der Waals surface area contributed by atoms with Crippen molar-refractivity contribution < 1.29 is 14.6 Å². The maximum Gasteiger partial charge on any atom is 0.308 e. The van der Waals surface area contributed by atoms with E-state index in [9.17, 15) is 9.90 Å². The smallest absolute Gasteiger partial charge is 0.308 e. The lowest BCUT2D eigenvalue weighted by Crippen LogP contribution is -2.47. The molecule has 2 heterocycles. The second-order valence-corrected chi connectivity index (χ2v) is 4.62. The first-order chi connectivity index (χ1) is 7.77. The Morgan fingerprint density at radius 2 is 2.25 bits per heavy atom. The number of carboxylic acids is 1. The molecule has 16 heavy (non-hydrogen) atoms. The van der Waals surface area contributed by atoms with Crippen molar-refractivity contribution in [3.05, 3.63) is 0 Å². The second kappa shape index (κ2) is 5.61. The van der Waals surface area contributed by atoms with Crippen molar-refractivity contribution in [2.45, 2.75) is 6.42 Å². The first-order valence-corrected chi connectivity index (χ1v) is 6.01. The van der Waals surface area contributed by atoms with Crippen LogP contribution >= 0.6 is 0 Å². The van der Waals surface area contributed by atoms with Crippen LogP contribution < -0.4 is 5.32 Å². The molecule has 92 valence electrons. The van der Waals surface area contributed by atoms with Gasteiger partial charge in [0.1, 0.15) is 0 Å². The highest BCUT2D eigenvalue weighted by Crippen LogP contribution is 2.23. The largest absolute Gasteiger partial charge is 0.481 e. The molecule has 2 rings (SSSR count). The summed E-state index contributed by atoms with van der Waals surface area (Å²) in [5.41, 5.74) is 0. The summed E-state index contributed by atoms with van der Waals surface area (Å²) in [5.74, 6) is -0.734. The molecule has 2 aliphatic rings. The average Bonchev–Trinajstić information content (AvgIpc) is 2.80. The van der Waals surface area contributed by atoms with E-state index in [0.29, 0.717) is 13.2 Å². The minimum Gasteiger partial charge on any atom is -0.481 e. The zero-order valence-corrected chi connectivity index (χ0v) is 9.52. The lowest BCUT2D eigenvalue weighted by atomic mass is 9.91. The van der Waals surface area contributed by atoms with Gasteiger partial charge in [-0.05, 0) is 12.3 Å². The summed E-state index contributed by atoms with van der Waals surface area (Å²) >= 11 is 0. The SMILES string of the molecule is O=C(O)C(CN1CCNCC1)C1CCOC1. The highest BCUT2D eigenvalue weighted by molar-refractivity contribution is 5.70. The Labute approximate surface area is 95.8 Å². The zero-order chi connectivity index (χ0) is 11.4. The Kier molecular flexibility index (Phi) is 4.15. The van der Waals surface area contributed by atoms with Gasteiger partial charge in [0, 0.05) is 39.3 Å². The van der Waals surface area contributed by atoms with Crippen molar-refractivity contribution in [3.8, 4) is 0 Å². The molecule has 0 aromatic carbocycles. The first-order valence-electron chi connectivity index (χ1n) is 6.01. The number of piperazine rings is 1. The Bertz CT molecular complexity index is 235. The van der Waals surface area contributed by atoms with Crippen molar-refractivity contribution in [1.29, 1.82) is 0 Å². The fourth-order valence-corrected chi connectivity index (χ4v) is 2.47. The van der Waals surface area contributed by atoms with E-state index < -0.39 is 5.97 Å². The second-order valence-electron chi connectivity index (χ2n) is 4.62. The number of hydrogen-bond acceptors (Lipinski definition) is 4. The monoisotopic (exact) mass is 228 g/mol. The molecule has 2 saturated heterocycles. The van der Waals surface area contributed by atoms with Crippen molar-refractivity contribution in [3.63, 3.8) is 0 Å². The molecule has 5 nitrogen and oxygen atoms in total. The van der Waals surface area contributed by atoms with Gasteiger partial charge in [-0.15, -0.1) is 0 Å². The minimum absolute atomic E-state index is 0.201. The van der Waals surface area contributed by atoms with Gasteiger partial charge in [0.25, 0.3) is 0 Å². The summed E-state index contributed by atoms with van der Waals surface area (Å²) in [6, 6.07) is 0. The molecule has 0 amide bonds. The van der Waals surface area contributed by atoms with E-state index in [1.54, 1.807) is 0 Å². The normalized spacial score (nSPS) is 29.1. The van der Waals surface area contributed by atoms with Gasteiger partial charge < -0.3 is 15.2 Å². The van der Waals surface area contributed by atoms with Gasteiger partial charge in [0.2, 0.25) is 0 Å². The molecule has 2 atom stereocenters. The third-order valence-corrected chi connectivity index (χ3v) is 3.52. The number of carbonyl (C=O) groups is 1. The van der Waals surface area contributed by atoms with E-state index in [-0.39, 0.29) is 11.8 Å². The van der Waals surface area contributed by atoms with E-state index in [1.165, 1.54) is 0 Å². The molecule has 0 saturated carbocycles. The van der Waals surface area contributed by atoms with E-state index in [2.05, 4.69) is 10.2 Å². The summed E-state index contributed by atoms with van der Waals surface area (Å²) in [5, 5.41) is 12.5. The van der Waals surface area contributed by atoms with Crippen LogP contribution in [0.3, 0.4) is 0 Å². The fourth-order valence-electron chi connectivity index (χ4n) is 2.47. The Morgan fingerprint density at radius 1 is 1.50 bits per heavy atom. The molecule has 2 N–H and O–H groups in total. The summed E-state index contributed by atoms with van der Waals surface area (Å²) in [4.78, 5) is 13.5. The van der Waals surface area contributed by atoms with Crippen molar-refractivity contribution in [2.24, 2.45) is 11.8 Å². The maximum absolute atomic E-state index is 11.3. The van der Waals surface area contributed by atoms with Crippen molar-refractivity contribution >= 4 is 5.97 Å². The van der Waals surface area contributed by atoms with Crippen LogP contribution in [-0.2, 0) is 9.53 Å². The summed E-state index contributed by atoms with van der Waals surface area (Å²) < 4.78 is 5.28. The molecule has 2 fully saturated rings. The van der Waals surface area contributed by atoms with E-state index in [0.717, 1.165) is 39.2 Å². The molecule has 0 aromatic rings. The molecule has 5 heteroatoms. The van der Waals surface area contributed by atoms with Crippen LogP contribution in [0, 0.1) is 11.8 Å². The van der Waals surface area contributed by atoms with Crippen LogP contribution in [0.25, 0.3) is 0 Å². The molecular formula is C11H20N2O3. The molecule has 0 aromatic heterocycles. The van der Waals surface area contributed by atoms with Gasteiger partial charge in [-0.25, -0.2) is 0 Å². The standard InChI is InChI=1S/C11H20N2O3/c14-11(15)10(9-1-6-16-8-9)7-13-4-2-12-3-5-13/h9-10,12H,1-8H2,(H,14,15). The number of nitrogens with one attached hydrogen (secondary N) is 1. The Morgan fingerprint density at radius 3 is 2.81 bits per heavy atom. The Hall–Kier alpha value is -0.650. The lowest BCUT2D eigenvalue weighted by Gasteiger charge is -2.31. The summed E-state index contributed by atoms with van der Waals surface area (Å²) in [6.45, 7) is 5.85. The zero-order valence-electron chi connectivity index (χ0n) is 9.52. The Balaban J connectivity index is 1.88. The average molecular weight is 228 g/mol. The number of carboxylic acid groups (broad SMARTS) is 1. The fraction of sp³-hybridized carbons (Fsp3) is 0.909. The van der Waals surface area contributed by atoms with E-state index in [4.69, 9.17) is 4.74 Å². The molecular weight excluding hydrogens is 208 g/mol. The molecule has 0 aliphatic carbocycles. The van der Waals surface area contributed by atoms with Crippen molar-refractivity contribution in [2.75, 3.05) is 45.9 Å². The van der Waals surface area contributed by atoms with Gasteiger partial charge in [-0.2, -0.15) is 0 Å².